The third-order valence-corrected chi connectivity index (χ3v) is 5.57. The first-order valence-corrected chi connectivity index (χ1v) is 9.26. The van der Waals surface area contributed by atoms with E-state index in [4.69, 9.17) is 16.0 Å². The van der Waals surface area contributed by atoms with Crippen molar-refractivity contribution in [1.29, 1.82) is 0 Å². The molecule has 7 heteroatoms. The average molecular weight is 386 g/mol. The van der Waals surface area contributed by atoms with E-state index < -0.39 is 0 Å². The van der Waals surface area contributed by atoms with Crippen LogP contribution in [0.15, 0.2) is 53.1 Å². The minimum atomic E-state index is -0.0484. The molecule has 4 rings (SSSR count). The van der Waals surface area contributed by atoms with E-state index in [1.54, 1.807) is 22.9 Å². The van der Waals surface area contributed by atoms with E-state index in [1.165, 1.54) is 11.3 Å². The lowest BCUT2D eigenvalue weighted by Gasteiger charge is -2.14. The van der Waals surface area contributed by atoms with Gasteiger partial charge in [-0.05, 0) is 37.3 Å². The van der Waals surface area contributed by atoms with E-state index in [2.05, 4.69) is 5.10 Å². The Morgan fingerprint density at radius 1 is 1.31 bits per heavy atom. The molecule has 0 aliphatic heterocycles. The lowest BCUT2D eigenvalue weighted by molar-refractivity contribution is 0.0780. The molecule has 0 fully saturated rings. The molecule has 5 nitrogen and oxygen atoms in total. The van der Waals surface area contributed by atoms with E-state index in [0.717, 1.165) is 27.4 Å². The first-order chi connectivity index (χ1) is 12.5. The molecule has 1 aromatic carbocycles. The molecule has 26 heavy (non-hydrogen) atoms. The Balaban J connectivity index is 1.71. The number of nitrogens with zero attached hydrogens (tertiary/aromatic N) is 3. The molecule has 0 saturated carbocycles. The van der Waals surface area contributed by atoms with Crippen molar-refractivity contribution >= 4 is 39.1 Å². The summed E-state index contributed by atoms with van der Waals surface area (Å²) in [5, 5.41) is 6.17. The van der Waals surface area contributed by atoms with Crippen LogP contribution in [0, 0.1) is 6.92 Å². The van der Waals surface area contributed by atoms with Crippen molar-refractivity contribution in [2.24, 2.45) is 0 Å². The number of carbonyl (C=O) groups excluding carboxylic acids is 1. The van der Waals surface area contributed by atoms with Gasteiger partial charge in [0.25, 0.3) is 5.91 Å². The highest BCUT2D eigenvalue weighted by Crippen LogP contribution is 2.33. The molecule has 0 radical (unpaired) electrons. The van der Waals surface area contributed by atoms with Crippen molar-refractivity contribution in [3.05, 3.63) is 70.1 Å². The Kier molecular flexibility index (Phi) is 4.30. The summed E-state index contributed by atoms with van der Waals surface area (Å²) >= 11 is 7.74. The number of fused-ring (bicyclic) bond motifs is 1. The van der Waals surface area contributed by atoms with Crippen molar-refractivity contribution in [3.8, 4) is 5.69 Å². The van der Waals surface area contributed by atoms with Gasteiger partial charge in [0.2, 0.25) is 0 Å². The maximum atomic E-state index is 12.8. The smallest absolute Gasteiger partial charge is 0.264 e. The Hall–Kier alpha value is -2.57. The molecule has 0 unspecified atom stereocenters. The van der Waals surface area contributed by atoms with Gasteiger partial charge in [-0.2, -0.15) is 5.10 Å². The van der Waals surface area contributed by atoms with E-state index in [1.807, 2.05) is 49.4 Å². The summed E-state index contributed by atoms with van der Waals surface area (Å²) in [4.78, 5) is 16.0. The van der Waals surface area contributed by atoms with Crippen molar-refractivity contribution in [2.45, 2.75) is 13.5 Å². The molecule has 1 amide bonds. The molecule has 3 heterocycles. The number of carbonyl (C=O) groups is 1. The number of rotatable bonds is 4. The van der Waals surface area contributed by atoms with Crippen LogP contribution in [-0.2, 0) is 6.54 Å². The summed E-state index contributed by atoms with van der Waals surface area (Å²) in [6, 6.07) is 13.1. The van der Waals surface area contributed by atoms with E-state index >= 15 is 0 Å². The zero-order chi connectivity index (χ0) is 18.3. The standard InChI is InChI=1S/C19H16ClN3O2S/c1-12-14-10-17(18(24)22(2)11-13-6-5-9-25-13)26-19(14)23(21-12)16-8-4-3-7-15(16)20/h3-10H,11H2,1-2H3. The van der Waals surface area contributed by atoms with Crippen LogP contribution in [0.25, 0.3) is 15.9 Å². The zero-order valence-electron chi connectivity index (χ0n) is 14.3. The van der Waals surface area contributed by atoms with Crippen LogP contribution in [0.1, 0.15) is 21.1 Å². The fraction of sp³-hybridized carbons (Fsp3) is 0.158. The average Bonchev–Trinajstić information content (AvgIpc) is 3.34. The second-order valence-electron chi connectivity index (χ2n) is 6.02. The van der Waals surface area contributed by atoms with Gasteiger partial charge in [0, 0.05) is 12.4 Å². The quantitative estimate of drug-likeness (QED) is 0.501. The van der Waals surface area contributed by atoms with Crippen molar-refractivity contribution in [2.75, 3.05) is 7.05 Å². The number of aryl methyl sites for hydroxylation is 1. The van der Waals surface area contributed by atoms with Gasteiger partial charge in [-0.15, -0.1) is 11.3 Å². The monoisotopic (exact) mass is 385 g/mol. The number of para-hydroxylation sites is 1. The number of halogens is 1. The summed E-state index contributed by atoms with van der Waals surface area (Å²) in [6.07, 6.45) is 1.61. The number of hydrogen-bond donors (Lipinski definition) is 0. The molecule has 0 spiro atoms. The van der Waals surface area contributed by atoms with Gasteiger partial charge in [0.05, 0.1) is 34.1 Å². The third kappa shape index (κ3) is 2.91. The molecule has 0 N–H and O–H groups in total. The summed E-state index contributed by atoms with van der Waals surface area (Å²) < 4.78 is 7.13. The largest absolute Gasteiger partial charge is 0.467 e. The molecule has 0 aliphatic rings. The first kappa shape index (κ1) is 16.9. The van der Waals surface area contributed by atoms with Crippen LogP contribution >= 0.6 is 22.9 Å². The predicted molar refractivity (Wildman–Crippen MR) is 103 cm³/mol. The van der Waals surface area contributed by atoms with E-state index in [-0.39, 0.29) is 5.91 Å². The van der Waals surface area contributed by atoms with Gasteiger partial charge in [-0.25, -0.2) is 4.68 Å². The first-order valence-electron chi connectivity index (χ1n) is 8.06. The Labute approximate surface area is 159 Å². The molecular formula is C19H16ClN3O2S. The van der Waals surface area contributed by atoms with Gasteiger partial charge < -0.3 is 9.32 Å². The summed E-state index contributed by atoms with van der Waals surface area (Å²) in [7, 11) is 1.77. The topological polar surface area (TPSA) is 51.3 Å². The molecule has 3 aromatic heterocycles. The van der Waals surface area contributed by atoms with Gasteiger partial charge >= 0.3 is 0 Å². The number of benzene rings is 1. The second kappa shape index (κ2) is 6.63. The Bertz CT molecular complexity index is 1080. The van der Waals surface area contributed by atoms with Crippen LogP contribution in [-0.4, -0.2) is 27.6 Å². The fourth-order valence-electron chi connectivity index (χ4n) is 2.84. The number of furan rings is 1. The lowest BCUT2D eigenvalue weighted by atomic mass is 10.3. The van der Waals surface area contributed by atoms with Crippen molar-refractivity contribution in [3.63, 3.8) is 0 Å². The normalized spacial score (nSPS) is 11.2. The second-order valence-corrected chi connectivity index (χ2v) is 7.46. The molecule has 132 valence electrons. The van der Waals surface area contributed by atoms with Crippen LogP contribution < -0.4 is 0 Å². The van der Waals surface area contributed by atoms with Crippen LogP contribution in [0.4, 0.5) is 0 Å². The summed E-state index contributed by atoms with van der Waals surface area (Å²) in [5.41, 5.74) is 1.67. The van der Waals surface area contributed by atoms with Crippen molar-refractivity contribution in [1.82, 2.24) is 14.7 Å². The molecule has 4 aromatic rings. The highest BCUT2D eigenvalue weighted by atomic mass is 35.5. The molecular weight excluding hydrogens is 370 g/mol. The maximum Gasteiger partial charge on any atom is 0.264 e. The van der Waals surface area contributed by atoms with E-state index in [9.17, 15) is 4.79 Å². The molecule has 0 atom stereocenters. The summed E-state index contributed by atoms with van der Waals surface area (Å²) in [5.74, 6) is 0.702. The van der Waals surface area contributed by atoms with Crippen LogP contribution in [0.3, 0.4) is 0 Å². The third-order valence-electron chi connectivity index (χ3n) is 4.16. The fourth-order valence-corrected chi connectivity index (χ4v) is 4.22. The summed E-state index contributed by atoms with van der Waals surface area (Å²) in [6.45, 7) is 2.36. The van der Waals surface area contributed by atoms with Crippen LogP contribution in [0.5, 0.6) is 0 Å². The maximum absolute atomic E-state index is 12.8. The van der Waals surface area contributed by atoms with Gasteiger partial charge in [-0.1, -0.05) is 23.7 Å². The van der Waals surface area contributed by atoms with Gasteiger partial charge in [-0.3, -0.25) is 4.79 Å². The van der Waals surface area contributed by atoms with Gasteiger partial charge in [0.1, 0.15) is 10.6 Å². The van der Waals surface area contributed by atoms with Crippen molar-refractivity contribution < 1.29 is 9.21 Å². The Morgan fingerprint density at radius 2 is 2.12 bits per heavy atom. The van der Waals surface area contributed by atoms with Crippen LogP contribution in [0.2, 0.25) is 5.02 Å². The SMILES string of the molecule is Cc1nn(-c2ccccc2Cl)c2sc(C(=O)N(C)Cc3ccco3)cc12. The Morgan fingerprint density at radius 3 is 2.85 bits per heavy atom. The highest BCUT2D eigenvalue weighted by Gasteiger charge is 2.20. The molecule has 0 saturated heterocycles. The van der Waals surface area contributed by atoms with E-state index in [0.29, 0.717) is 16.4 Å². The number of aromatic nitrogens is 2. The lowest BCUT2D eigenvalue weighted by Crippen LogP contribution is -2.25. The zero-order valence-corrected chi connectivity index (χ0v) is 15.8. The number of hydrogen-bond acceptors (Lipinski definition) is 4. The minimum Gasteiger partial charge on any atom is -0.467 e. The molecule has 0 bridgehead atoms. The predicted octanol–water partition coefficient (Wildman–Crippen LogP) is 4.91. The minimum absolute atomic E-state index is 0.0484. The number of amides is 1. The number of thiophene rings is 1. The molecule has 0 aliphatic carbocycles. The van der Waals surface area contributed by atoms with Gasteiger partial charge in [0.15, 0.2) is 0 Å². The highest BCUT2D eigenvalue weighted by molar-refractivity contribution is 7.20.